The molecule has 3 heterocycles. The molecule has 0 atom stereocenters. The van der Waals surface area contributed by atoms with Crippen molar-refractivity contribution in [2.45, 2.75) is 0 Å². The predicted molar refractivity (Wildman–Crippen MR) is 239 cm³/mol. The summed E-state index contributed by atoms with van der Waals surface area (Å²) < 4.78 is 4.88. The maximum atomic E-state index is 4.69. The highest BCUT2D eigenvalue weighted by Crippen LogP contribution is 2.38. The minimum absolute atomic E-state index is 1.08. The quantitative estimate of drug-likeness (QED) is 0.167. The first-order valence-corrected chi connectivity index (χ1v) is 19.8. The molecule has 0 unspecified atom stereocenters. The lowest BCUT2D eigenvalue weighted by Gasteiger charge is -2.12. The molecule has 56 heavy (non-hydrogen) atoms. The average molecular weight is 731 g/mol. The van der Waals surface area contributed by atoms with Gasteiger partial charge in [0.05, 0.1) is 21.3 Å². The number of nitrogens with zero attached hydrogens (tertiary/aromatic N) is 2. The monoisotopic (exact) mass is 730 g/mol. The van der Waals surface area contributed by atoms with Crippen LogP contribution in [0, 0.1) is 0 Å². The molecular weight excluding hydrogens is 697 g/mol. The van der Waals surface area contributed by atoms with Crippen LogP contribution < -0.4 is 0 Å². The molecule has 0 aliphatic carbocycles. The molecule has 0 N–H and O–H groups in total. The number of fused-ring (bicyclic) bond motifs is 6. The Morgan fingerprint density at radius 1 is 0.321 bits per heavy atom. The topological polar surface area (TPSA) is 17.8 Å². The summed E-state index contributed by atoms with van der Waals surface area (Å²) in [7, 11) is 0. The number of hydrogen-bond donors (Lipinski definition) is 0. The van der Waals surface area contributed by atoms with Gasteiger partial charge in [0.1, 0.15) is 0 Å². The van der Waals surface area contributed by atoms with Gasteiger partial charge in [0, 0.05) is 32.7 Å². The van der Waals surface area contributed by atoms with E-state index in [-0.39, 0.29) is 0 Å². The molecule has 11 rings (SSSR count). The third-order valence-electron chi connectivity index (χ3n) is 11.0. The first kappa shape index (κ1) is 32.4. The fraction of sp³-hybridized carbons (Fsp3) is 0. The largest absolute Gasteiger partial charge is 0.309 e. The molecule has 3 heteroatoms. The van der Waals surface area contributed by atoms with Crippen molar-refractivity contribution in [1.29, 1.82) is 0 Å². The van der Waals surface area contributed by atoms with E-state index in [0.29, 0.717) is 0 Å². The standard InChI is InChI=1S/C53H34N2S/c1-3-23-49-46(21-1)47-22-2-4-24-50(47)55(49)45-20-9-19-43(33-45)41-17-7-15-39(31-41)37-13-5-11-35(29-37)36-12-6-14-38(30-36)40-16-8-18-42(32-40)44-26-27-51-48(34-44)53-52(56-51)25-10-28-54-53/h1-34H. The van der Waals surface area contributed by atoms with Gasteiger partial charge in [0.2, 0.25) is 0 Å². The fourth-order valence-corrected chi connectivity index (χ4v) is 9.36. The van der Waals surface area contributed by atoms with Crippen LogP contribution in [-0.4, -0.2) is 9.55 Å². The van der Waals surface area contributed by atoms with Crippen molar-refractivity contribution in [3.05, 3.63) is 206 Å². The SMILES string of the molecule is c1cc(-c2cccc(-c3cccc(-c4ccc5sc6cccnc6c5c4)c3)c2)cc(-c2cccc(-c3cccc(-n4c5ccccc5c5ccccc54)c3)c2)c1. The van der Waals surface area contributed by atoms with Crippen LogP contribution >= 0.6 is 11.3 Å². The summed E-state index contributed by atoms with van der Waals surface area (Å²) in [4.78, 5) is 4.69. The molecule has 0 saturated carbocycles. The van der Waals surface area contributed by atoms with Crippen molar-refractivity contribution in [3.63, 3.8) is 0 Å². The zero-order valence-corrected chi connectivity index (χ0v) is 31.2. The summed E-state index contributed by atoms with van der Waals surface area (Å²) in [6.07, 6.45) is 1.88. The lowest BCUT2D eigenvalue weighted by molar-refractivity contribution is 1.18. The van der Waals surface area contributed by atoms with Gasteiger partial charge in [-0.3, -0.25) is 4.98 Å². The first-order valence-electron chi connectivity index (χ1n) is 19.0. The number of hydrogen-bond acceptors (Lipinski definition) is 2. The van der Waals surface area contributed by atoms with E-state index in [1.165, 1.54) is 92.2 Å². The highest BCUT2D eigenvalue weighted by molar-refractivity contribution is 7.25. The summed E-state index contributed by atoms with van der Waals surface area (Å²) in [6, 6.07) is 72.8. The summed E-state index contributed by atoms with van der Waals surface area (Å²) in [6.45, 7) is 0. The summed E-state index contributed by atoms with van der Waals surface area (Å²) in [5.41, 5.74) is 16.6. The second-order valence-electron chi connectivity index (χ2n) is 14.4. The van der Waals surface area contributed by atoms with Crippen molar-refractivity contribution in [1.82, 2.24) is 9.55 Å². The van der Waals surface area contributed by atoms with Crippen molar-refractivity contribution in [2.75, 3.05) is 0 Å². The number of thiophene rings is 1. The van der Waals surface area contributed by atoms with E-state index in [9.17, 15) is 0 Å². The smallest absolute Gasteiger partial charge is 0.0888 e. The molecule has 11 aromatic rings. The molecule has 8 aromatic carbocycles. The molecule has 0 radical (unpaired) electrons. The number of benzene rings is 8. The van der Waals surface area contributed by atoms with Gasteiger partial charge in [-0.1, -0.05) is 127 Å². The molecule has 0 bridgehead atoms. The highest BCUT2D eigenvalue weighted by atomic mass is 32.1. The van der Waals surface area contributed by atoms with E-state index in [0.717, 1.165) is 11.2 Å². The maximum absolute atomic E-state index is 4.69. The predicted octanol–water partition coefficient (Wildman–Crippen LogP) is 14.9. The fourth-order valence-electron chi connectivity index (χ4n) is 8.32. The Morgan fingerprint density at radius 3 is 1.29 bits per heavy atom. The lowest BCUT2D eigenvalue weighted by Crippen LogP contribution is -1.94. The minimum atomic E-state index is 1.08. The van der Waals surface area contributed by atoms with Crippen LogP contribution in [0.25, 0.3) is 103 Å². The van der Waals surface area contributed by atoms with Crippen LogP contribution in [0.15, 0.2) is 206 Å². The number of pyridine rings is 1. The Bertz CT molecular complexity index is 3220. The molecule has 0 amide bonds. The van der Waals surface area contributed by atoms with Crippen molar-refractivity contribution >= 4 is 53.4 Å². The minimum Gasteiger partial charge on any atom is -0.309 e. The van der Waals surface area contributed by atoms with Gasteiger partial charge < -0.3 is 4.57 Å². The summed E-state index contributed by atoms with van der Waals surface area (Å²) in [5, 5.41) is 3.76. The van der Waals surface area contributed by atoms with Gasteiger partial charge in [-0.2, -0.15) is 0 Å². The molecule has 0 aliphatic rings. The van der Waals surface area contributed by atoms with Crippen molar-refractivity contribution in [3.8, 4) is 61.3 Å². The molecule has 0 aliphatic heterocycles. The van der Waals surface area contributed by atoms with Gasteiger partial charge in [-0.25, -0.2) is 0 Å². The van der Waals surface area contributed by atoms with E-state index in [2.05, 4.69) is 204 Å². The Labute approximate surface area is 329 Å². The maximum Gasteiger partial charge on any atom is 0.0888 e. The Kier molecular flexibility index (Phi) is 7.72. The number of aromatic nitrogens is 2. The molecule has 262 valence electrons. The third-order valence-corrected chi connectivity index (χ3v) is 12.2. The van der Waals surface area contributed by atoms with Gasteiger partial charge >= 0.3 is 0 Å². The van der Waals surface area contributed by atoms with Crippen LogP contribution in [0.2, 0.25) is 0 Å². The van der Waals surface area contributed by atoms with Gasteiger partial charge in [-0.05, 0) is 128 Å². The zero-order chi connectivity index (χ0) is 37.0. The summed E-state index contributed by atoms with van der Waals surface area (Å²) in [5.74, 6) is 0. The molecular formula is C53H34N2S. The Hall–Kier alpha value is -7.07. The average Bonchev–Trinajstić information content (AvgIpc) is 3.82. The second-order valence-corrected chi connectivity index (χ2v) is 15.5. The summed E-state index contributed by atoms with van der Waals surface area (Å²) >= 11 is 1.80. The zero-order valence-electron chi connectivity index (χ0n) is 30.4. The Morgan fingerprint density at radius 2 is 0.768 bits per heavy atom. The molecule has 0 spiro atoms. The van der Waals surface area contributed by atoms with E-state index in [1.807, 2.05) is 12.3 Å². The van der Waals surface area contributed by atoms with Gasteiger partial charge in [0.15, 0.2) is 0 Å². The number of rotatable bonds is 6. The van der Waals surface area contributed by atoms with Crippen LogP contribution in [-0.2, 0) is 0 Å². The van der Waals surface area contributed by atoms with Crippen LogP contribution in [0.4, 0.5) is 0 Å². The molecule has 2 nitrogen and oxygen atoms in total. The molecule has 0 fully saturated rings. The first-order chi connectivity index (χ1) is 27.7. The van der Waals surface area contributed by atoms with Crippen molar-refractivity contribution in [2.24, 2.45) is 0 Å². The van der Waals surface area contributed by atoms with Crippen LogP contribution in [0.1, 0.15) is 0 Å². The molecule has 3 aromatic heterocycles. The van der Waals surface area contributed by atoms with Gasteiger partial charge in [-0.15, -0.1) is 11.3 Å². The Balaban J connectivity index is 0.907. The molecule has 0 saturated heterocycles. The van der Waals surface area contributed by atoms with E-state index >= 15 is 0 Å². The van der Waals surface area contributed by atoms with E-state index < -0.39 is 0 Å². The van der Waals surface area contributed by atoms with Crippen LogP contribution in [0.5, 0.6) is 0 Å². The van der Waals surface area contributed by atoms with Crippen molar-refractivity contribution < 1.29 is 0 Å². The normalized spacial score (nSPS) is 11.6. The number of para-hydroxylation sites is 2. The van der Waals surface area contributed by atoms with Gasteiger partial charge in [0.25, 0.3) is 0 Å². The third kappa shape index (κ3) is 5.60. The van der Waals surface area contributed by atoms with E-state index in [4.69, 9.17) is 0 Å². The highest BCUT2D eigenvalue weighted by Gasteiger charge is 2.13. The second kappa shape index (κ2) is 13.3. The van der Waals surface area contributed by atoms with Crippen LogP contribution in [0.3, 0.4) is 0 Å². The van der Waals surface area contributed by atoms with E-state index in [1.54, 1.807) is 11.3 Å². The lowest BCUT2D eigenvalue weighted by atomic mass is 9.94.